The van der Waals surface area contributed by atoms with Crippen LogP contribution in [0.3, 0.4) is 0 Å². The topological polar surface area (TPSA) is 35.3 Å². The predicted octanol–water partition coefficient (Wildman–Crippen LogP) is 3.47. The molecule has 1 aromatic heterocycles. The number of para-hydroxylation sites is 1. The number of rotatable bonds is 3. The third kappa shape index (κ3) is 1.81. The molecule has 3 nitrogen and oxygen atoms in total. The molecule has 3 heteroatoms. The molecule has 0 aliphatic carbocycles. The van der Waals surface area contributed by atoms with Gasteiger partial charge in [-0.05, 0) is 17.5 Å². The molecule has 1 aromatic carbocycles. The molecule has 0 unspecified atom stereocenters. The van der Waals surface area contributed by atoms with Crippen LogP contribution in [0.15, 0.2) is 35.1 Å². The molecule has 0 amide bonds. The monoisotopic (exact) mass is 217 g/mol. The number of benzene rings is 1. The number of nitrogens with zero attached hydrogens (tertiary/aromatic N) is 1. The number of aromatic nitrogens is 1. The van der Waals surface area contributed by atoms with Gasteiger partial charge in [-0.1, -0.05) is 31.1 Å². The second-order valence-electron chi connectivity index (χ2n) is 3.97. The lowest BCUT2D eigenvalue weighted by molar-refractivity contribution is 0.405. The molecule has 0 bridgehead atoms. The Labute approximate surface area is 95.0 Å². The van der Waals surface area contributed by atoms with Crippen molar-refractivity contribution < 1.29 is 9.26 Å². The zero-order chi connectivity index (χ0) is 11.5. The fourth-order valence-electron chi connectivity index (χ4n) is 1.79. The molecule has 16 heavy (non-hydrogen) atoms. The number of ether oxygens (including phenoxy) is 1. The zero-order valence-corrected chi connectivity index (χ0v) is 9.73. The SMILES string of the molecule is COc1c(-c2ccon2)cccc1C(C)C. The van der Waals surface area contributed by atoms with Crippen LogP contribution in [0.2, 0.25) is 0 Å². The highest BCUT2D eigenvalue weighted by atomic mass is 16.5. The van der Waals surface area contributed by atoms with E-state index in [0.29, 0.717) is 5.92 Å². The summed E-state index contributed by atoms with van der Waals surface area (Å²) in [6, 6.07) is 7.92. The van der Waals surface area contributed by atoms with Gasteiger partial charge in [0.25, 0.3) is 0 Å². The van der Waals surface area contributed by atoms with E-state index < -0.39 is 0 Å². The van der Waals surface area contributed by atoms with Crippen LogP contribution < -0.4 is 4.74 Å². The lowest BCUT2D eigenvalue weighted by Gasteiger charge is -2.14. The molecule has 0 saturated heterocycles. The number of hydrogen-bond acceptors (Lipinski definition) is 3. The van der Waals surface area contributed by atoms with Crippen LogP contribution >= 0.6 is 0 Å². The Morgan fingerprint density at radius 3 is 2.62 bits per heavy atom. The average molecular weight is 217 g/mol. The van der Waals surface area contributed by atoms with E-state index >= 15 is 0 Å². The van der Waals surface area contributed by atoms with Gasteiger partial charge in [0.1, 0.15) is 17.7 Å². The first-order chi connectivity index (χ1) is 7.74. The van der Waals surface area contributed by atoms with Crippen molar-refractivity contribution in [2.45, 2.75) is 19.8 Å². The van der Waals surface area contributed by atoms with Crippen molar-refractivity contribution in [3.63, 3.8) is 0 Å². The smallest absolute Gasteiger partial charge is 0.131 e. The van der Waals surface area contributed by atoms with Crippen molar-refractivity contribution in [1.29, 1.82) is 0 Å². The first-order valence-electron chi connectivity index (χ1n) is 5.31. The Morgan fingerprint density at radius 1 is 1.25 bits per heavy atom. The lowest BCUT2D eigenvalue weighted by atomic mass is 9.98. The minimum absolute atomic E-state index is 0.418. The summed E-state index contributed by atoms with van der Waals surface area (Å²) >= 11 is 0. The molecule has 0 saturated carbocycles. The Balaban J connectivity index is 2.58. The van der Waals surface area contributed by atoms with E-state index in [2.05, 4.69) is 25.1 Å². The van der Waals surface area contributed by atoms with Crippen LogP contribution in [0.25, 0.3) is 11.3 Å². The van der Waals surface area contributed by atoms with Crippen LogP contribution in [0.4, 0.5) is 0 Å². The van der Waals surface area contributed by atoms with Crippen molar-refractivity contribution in [2.24, 2.45) is 0 Å². The fourth-order valence-corrected chi connectivity index (χ4v) is 1.79. The summed E-state index contributed by atoms with van der Waals surface area (Å²) in [6.45, 7) is 4.29. The summed E-state index contributed by atoms with van der Waals surface area (Å²) in [5.41, 5.74) is 2.96. The molecular formula is C13H15NO2. The van der Waals surface area contributed by atoms with E-state index in [-0.39, 0.29) is 0 Å². The van der Waals surface area contributed by atoms with Gasteiger partial charge in [0, 0.05) is 11.6 Å². The van der Waals surface area contributed by atoms with Gasteiger partial charge < -0.3 is 9.26 Å². The van der Waals surface area contributed by atoms with E-state index in [9.17, 15) is 0 Å². The summed E-state index contributed by atoms with van der Waals surface area (Å²) in [5, 5.41) is 3.94. The van der Waals surface area contributed by atoms with E-state index in [1.807, 2.05) is 18.2 Å². The Bertz CT molecular complexity index is 461. The van der Waals surface area contributed by atoms with Crippen molar-refractivity contribution in [1.82, 2.24) is 5.16 Å². The maximum absolute atomic E-state index is 5.48. The standard InChI is InChI=1S/C13H15NO2/c1-9(2)10-5-4-6-11(13(10)15-3)12-7-8-16-14-12/h4-9H,1-3H3. The summed E-state index contributed by atoms with van der Waals surface area (Å²) in [6.07, 6.45) is 1.57. The van der Waals surface area contributed by atoms with Crippen LogP contribution in [-0.2, 0) is 0 Å². The first-order valence-corrected chi connectivity index (χ1v) is 5.31. The molecule has 0 aliphatic heterocycles. The summed E-state index contributed by atoms with van der Waals surface area (Å²) in [5.74, 6) is 1.30. The second kappa shape index (κ2) is 4.39. The molecule has 1 heterocycles. The molecule has 84 valence electrons. The summed E-state index contributed by atoms with van der Waals surface area (Å²) in [4.78, 5) is 0. The van der Waals surface area contributed by atoms with Gasteiger partial charge in [-0.15, -0.1) is 0 Å². The molecule has 0 radical (unpaired) electrons. The number of methoxy groups -OCH3 is 1. The average Bonchev–Trinajstić information content (AvgIpc) is 2.81. The van der Waals surface area contributed by atoms with Crippen LogP contribution in [-0.4, -0.2) is 12.3 Å². The molecular weight excluding hydrogens is 202 g/mol. The maximum Gasteiger partial charge on any atom is 0.131 e. The van der Waals surface area contributed by atoms with Crippen molar-refractivity contribution >= 4 is 0 Å². The van der Waals surface area contributed by atoms with Crippen LogP contribution in [0.1, 0.15) is 25.3 Å². The Kier molecular flexibility index (Phi) is 2.95. The summed E-state index contributed by atoms with van der Waals surface area (Å²) < 4.78 is 10.3. The Morgan fingerprint density at radius 2 is 2.06 bits per heavy atom. The van der Waals surface area contributed by atoms with Gasteiger partial charge in [0.05, 0.1) is 7.11 Å². The van der Waals surface area contributed by atoms with Gasteiger partial charge in [-0.3, -0.25) is 0 Å². The van der Waals surface area contributed by atoms with Crippen molar-refractivity contribution in [2.75, 3.05) is 7.11 Å². The van der Waals surface area contributed by atoms with E-state index in [0.717, 1.165) is 17.0 Å². The maximum atomic E-state index is 5.48. The minimum Gasteiger partial charge on any atom is -0.496 e. The summed E-state index contributed by atoms with van der Waals surface area (Å²) in [7, 11) is 1.69. The second-order valence-corrected chi connectivity index (χ2v) is 3.97. The molecule has 0 atom stereocenters. The van der Waals surface area contributed by atoms with Crippen LogP contribution in [0.5, 0.6) is 5.75 Å². The molecule has 0 spiro atoms. The third-order valence-corrected chi connectivity index (χ3v) is 2.59. The highest BCUT2D eigenvalue weighted by Crippen LogP contribution is 2.35. The molecule has 2 aromatic rings. The highest BCUT2D eigenvalue weighted by molar-refractivity contribution is 5.69. The molecule has 0 N–H and O–H groups in total. The Hall–Kier alpha value is -1.77. The molecule has 2 rings (SSSR count). The normalized spacial score (nSPS) is 10.8. The molecule has 0 aliphatic rings. The largest absolute Gasteiger partial charge is 0.496 e. The van der Waals surface area contributed by atoms with Gasteiger partial charge in [-0.25, -0.2) is 0 Å². The van der Waals surface area contributed by atoms with Crippen molar-refractivity contribution in [3.05, 3.63) is 36.1 Å². The lowest BCUT2D eigenvalue weighted by Crippen LogP contribution is -1.96. The van der Waals surface area contributed by atoms with Gasteiger partial charge in [0.15, 0.2) is 0 Å². The van der Waals surface area contributed by atoms with Gasteiger partial charge in [-0.2, -0.15) is 0 Å². The predicted molar refractivity (Wildman–Crippen MR) is 62.6 cm³/mol. The minimum atomic E-state index is 0.418. The van der Waals surface area contributed by atoms with Crippen LogP contribution in [0, 0.1) is 0 Å². The quantitative estimate of drug-likeness (QED) is 0.789. The highest BCUT2D eigenvalue weighted by Gasteiger charge is 2.14. The van der Waals surface area contributed by atoms with Gasteiger partial charge in [0.2, 0.25) is 0 Å². The fraction of sp³-hybridized carbons (Fsp3) is 0.308. The third-order valence-electron chi connectivity index (χ3n) is 2.59. The van der Waals surface area contributed by atoms with E-state index in [1.165, 1.54) is 5.56 Å². The zero-order valence-electron chi connectivity index (χ0n) is 9.73. The van der Waals surface area contributed by atoms with Crippen molar-refractivity contribution in [3.8, 4) is 17.0 Å². The number of hydrogen-bond donors (Lipinski definition) is 0. The van der Waals surface area contributed by atoms with Gasteiger partial charge >= 0.3 is 0 Å². The van der Waals surface area contributed by atoms with E-state index in [4.69, 9.17) is 9.26 Å². The molecule has 0 fully saturated rings. The van der Waals surface area contributed by atoms with E-state index in [1.54, 1.807) is 13.4 Å². The first kappa shape index (κ1) is 10.7.